The van der Waals surface area contributed by atoms with Crippen molar-refractivity contribution in [2.45, 2.75) is 117 Å². The molecule has 0 saturated carbocycles. The normalized spacial score (nSPS) is 11.6. The molecule has 0 unspecified atom stereocenters. The third-order valence-corrected chi connectivity index (χ3v) is 7.17. The van der Waals surface area contributed by atoms with Crippen molar-refractivity contribution >= 4 is 27.5 Å². The van der Waals surface area contributed by atoms with Gasteiger partial charge in [0.05, 0.1) is 12.1 Å². The van der Waals surface area contributed by atoms with E-state index in [0.29, 0.717) is 0 Å². The lowest BCUT2D eigenvalue weighted by atomic mass is 10.0. The molecule has 0 spiro atoms. The second kappa shape index (κ2) is 15.0. The third-order valence-electron chi connectivity index (χ3n) is 7.17. The number of aromatic nitrogens is 1. The van der Waals surface area contributed by atoms with Crippen LogP contribution in [0.3, 0.4) is 0 Å². The van der Waals surface area contributed by atoms with E-state index >= 15 is 0 Å². The number of anilines is 1. The fourth-order valence-electron chi connectivity index (χ4n) is 5.05. The summed E-state index contributed by atoms with van der Waals surface area (Å²) in [5, 5.41) is 2.46. The van der Waals surface area contributed by atoms with Crippen LogP contribution < -0.4 is 10.5 Å². The van der Waals surface area contributed by atoms with Gasteiger partial charge in [0.25, 0.3) is 0 Å². The molecule has 0 radical (unpaired) electrons. The van der Waals surface area contributed by atoms with Gasteiger partial charge in [-0.15, -0.1) is 0 Å². The Bertz CT molecular complexity index is 974. The molecule has 0 fully saturated rings. The van der Waals surface area contributed by atoms with Crippen molar-refractivity contribution in [2.75, 3.05) is 12.3 Å². The van der Waals surface area contributed by atoms with Gasteiger partial charge in [0, 0.05) is 28.0 Å². The first-order valence-electron chi connectivity index (χ1n) is 14.1. The van der Waals surface area contributed by atoms with E-state index in [1.807, 2.05) is 12.1 Å². The van der Waals surface area contributed by atoms with Gasteiger partial charge in [-0.05, 0) is 37.1 Å². The van der Waals surface area contributed by atoms with E-state index in [1.165, 1.54) is 113 Å². The van der Waals surface area contributed by atoms with Crippen LogP contribution in [0.15, 0.2) is 30.3 Å². The molecule has 0 amide bonds. The molecule has 0 aliphatic rings. The highest BCUT2D eigenvalue weighted by Crippen LogP contribution is 2.32. The van der Waals surface area contributed by atoms with Crippen molar-refractivity contribution in [2.24, 2.45) is 0 Å². The summed E-state index contributed by atoms with van der Waals surface area (Å²) in [7, 11) is 0. The first-order valence-corrected chi connectivity index (χ1v) is 14.1. The maximum atomic E-state index is 6.14. The first kappa shape index (κ1) is 26.4. The Balaban J connectivity index is 1.20. The van der Waals surface area contributed by atoms with E-state index in [0.717, 1.165) is 35.5 Å². The average Bonchev–Trinajstić information content (AvgIpc) is 3.17. The van der Waals surface area contributed by atoms with Crippen molar-refractivity contribution in [1.82, 2.24) is 4.98 Å². The third kappa shape index (κ3) is 8.56. The second-order valence-corrected chi connectivity index (χ2v) is 10.2. The summed E-state index contributed by atoms with van der Waals surface area (Å²) >= 11 is 0. The van der Waals surface area contributed by atoms with Crippen LogP contribution in [0.2, 0.25) is 0 Å². The smallest absolute Gasteiger partial charge is 0.124 e. The summed E-state index contributed by atoms with van der Waals surface area (Å²) in [6.45, 7) is 5.23. The molecule has 3 nitrogen and oxygen atoms in total. The number of aromatic amines is 1. The van der Waals surface area contributed by atoms with Crippen LogP contribution in [0.1, 0.15) is 115 Å². The van der Waals surface area contributed by atoms with Gasteiger partial charge in [-0.2, -0.15) is 0 Å². The number of hydrogen-bond donors (Lipinski definition) is 2. The van der Waals surface area contributed by atoms with Crippen LogP contribution in [0.4, 0.5) is 5.69 Å². The van der Waals surface area contributed by atoms with E-state index in [4.69, 9.17) is 10.5 Å². The Morgan fingerprint density at radius 1 is 0.647 bits per heavy atom. The molecule has 3 heteroatoms. The monoisotopic (exact) mass is 464 g/mol. The number of fused-ring (bicyclic) bond motifs is 3. The average molecular weight is 465 g/mol. The Labute approximate surface area is 207 Å². The first-order chi connectivity index (χ1) is 16.7. The topological polar surface area (TPSA) is 51.0 Å². The van der Waals surface area contributed by atoms with Crippen molar-refractivity contribution in [3.63, 3.8) is 0 Å². The summed E-state index contributed by atoms with van der Waals surface area (Å²) < 4.78 is 6.14. The van der Waals surface area contributed by atoms with Gasteiger partial charge in [0.15, 0.2) is 0 Å². The number of nitrogen functional groups attached to an aromatic ring is 1. The van der Waals surface area contributed by atoms with Gasteiger partial charge >= 0.3 is 0 Å². The van der Waals surface area contributed by atoms with E-state index < -0.39 is 0 Å². The van der Waals surface area contributed by atoms with Crippen LogP contribution in [0.25, 0.3) is 21.8 Å². The molecule has 188 valence electrons. The number of nitrogens with two attached hydrogens (primary N) is 1. The summed E-state index contributed by atoms with van der Waals surface area (Å²) in [6, 6.07) is 10.4. The highest BCUT2D eigenvalue weighted by molar-refractivity contribution is 6.08. The minimum absolute atomic E-state index is 0.788. The lowest BCUT2D eigenvalue weighted by Crippen LogP contribution is -1.99. The van der Waals surface area contributed by atoms with Gasteiger partial charge < -0.3 is 15.5 Å². The molecule has 3 N–H and O–H groups in total. The molecule has 0 saturated heterocycles. The molecular formula is C31H48N2O. The molecule has 0 bridgehead atoms. The lowest BCUT2D eigenvalue weighted by Gasteiger charge is -2.09. The largest absolute Gasteiger partial charge is 0.493 e. The van der Waals surface area contributed by atoms with E-state index in [9.17, 15) is 0 Å². The number of H-pyrrole nitrogens is 1. The van der Waals surface area contributed by atoms with Crippen LogP contribution in [0, 0.1) is 6.92 Å². The van der Waals surface area contributed by atoms with Crippen molar-refractivity contribution in [1.29, 1.82) is 0 Å². The standard InChI is InChI=1S/C31H48N2O/c1-3-4-5-6-7-8-9-10-11-12-13-14-15-16-17-18-21-34-31-24-30-28(22-25(31)2)27-20-19-26(32)23-29(27)33-30/h19-20,22-24,33H,3-18,21,32H2,1-2H3. The number of ether oxygens (including phenoxy) is 1. The van der Waals surface area contributed by atoms with E-state index in [2.05, 4.69) is 37.0 Å². The van der Waals surface area contributed by atoms with E-state index in [-0.39, 0.29) is 0 Å². The zero-order valence-electron chi connectivity index (χ0n) is 21.9. The molecule has 1 aromatic heterocycles. The highest BCUT2D eigenvalue weighted by atomic mass is 16.5. The van der Waals surface area contributed by atoms with Gasteiger partial charge in [-0.25, -0.2) is 0 Å². The second-order valence-electron chi connectivity index (χ2n) is 10.2. The Kier molecular flexibility index (Phi) is 11.6. The maximum Gasteiger partial charge on any atom is 0.124 e. The maximum absolute atomic E-state index is 6.14. The van der Waals surface area contributed by atoms with Gasteiger partial charge in [-0.1, -0.05) is 109 Å². The quantitative estimate of drug-likeness (QED) is 0.145. The molecule has 3 aromatic rings. The highest BCUT2D eigenvalue weighted by Gasteiger charge is 2.09. The summed E-state index contributed by atoms with van der Waals surface area (Å²) in [4.78, 5) is 3.48. The van der Waals surface area contributed by atoms with Gasteiger partial charge in [-0.3, -0.25) is 0 Å². The molecular weight excluding hydrogens is 416 g/mol. The SMILES string of the molecule is CCCCCCCCCCCCCCCCCCOc1cc2[nH]c3cc(N)ccc3c2cc1C. The fraction of sp³-hybridized carbons (Fsp3) is 0.613. The zero-order chi connectivity index (χ0) is 24.0. The predicted octanol–water partition coefficient (Wildman–Crippen LogP) is 9.85. The fourth-order valence-corrected chi connectivity index (χ4v) is 5.05. The van der Waals surface area contributed by atoms with E-state index in [1.54, 1.807) is 0 Å². The minimum atomic E-state index is 0.788. The number of rotatable bonds is 18. The Morgan fingerprint density at radius 3 is 1.76 bits per heavy atom. The lowest BCUT2D eigenvalue weighted by molar-refractivity contribution is 0.302. The van der Waals surface area contributed by atoms with Gasteiger partial charge in [0.1, 0.15) is 5.75 Å². The summed E-state index contributed by atoms with van der Waals surface area (Å²) in [5.74, 6) is 0.994. The number of unbranched alkanes of at least 4 members (excludes halogenated alkanes) is 15. The van der Waals surface area contributed by atoms with Crippen molar-refractivity contribution < 1.29 is 4.74 Å². The van der Waals surface area contributed by atoms with Crippen LogP contribution in [-0.2, 0) is 0 Å². The molecule has 34 heavy (non-hydrogen) atoms. The van der Waals surface area contributed by atoms with Crippen LogP contribution >= 0.6 is 0 Å². The van der Waals surface area contributed by atoms with Crippen LogP contribution in [0.5, 0.6) is 5.75 Å². The van der Waals surface area contributed by atoms with Crippen LogP contribution in [-0.4, -0.2) is 11.6 Å². The predicted molar refractivity (Wildman–Crippen MR) is 150 cm³/mol. The molecule has 0 aliphatic heterocycles. The summed E-state index contributed by atoms with van der Waals surface area (Å²) in [6.07, 6.45) is 22.3. The molecule has 3 rings (SSSR count). The van der Waals surface area contributed by atoms with Crippen molar-refractivity contribution in [3.05, 3.63) is 35.9 Å². The molecule has 1 heterocycles. The minimum Gasteiger partial charge on any atom is -0.493 e. The number of aryl methyl sites for hydroxylation is 1. The molecule has 0 aliphatic carbocycles. The zero-order valence-corrected chi connectivity index (χ0v) is 21.9. The number of benzene rings is 2. The number of hydrogen-bond acceptors (Lipinski definition) is 2. The van der Waals surface area contributed by atoms with Crippen molar-refractivity contribution in [3.8, 4) is 5.75 Å². The van der Waals surface area contributed by atoms with Gasteiger partial charge in [0.2, 0.25) is 0 Å². The molecule has 2 aromatic carbocycles. The molecule has 0 atom stereocenters. The Hall–Kier alpha value is -2.16. The number of nitrogens with one attached hydrogen (secondary N) is 1. The Morgan fingerprint density at radius 2 is 1.18 bits per heavy atom. The summed E-state index contributed by atoms with van der Waals surface area (Å²) in [5.41, 5.74) is 10.1.